The number of carbonyl (C=O) groups is 1. The largest absolute Gasteiger partial charge is 0.462 e. The van der Waals surface area contributed by atoms with Gasteiger partial charge in [0.2, 0.25) is 0 Å². The third-order valence-corrected chi connectivity index (χ3v) is 4.19. The maximum Gasteiger partial charge on any atom is 0.296 e. The fourth-order valence-corrected chi connectivity index (χ4v) is 2.64. The third kappa shape index (κ3) is 4.80. The molecule has 6 nitrogen and oxygen atoms in total. The number of hydrogen-bond acceptors (Lipinski definition) is 4. The summed E-state index contributed by atoms with van der Waals surface area (Å²) >= 11 is 1.39. The Bertz CT molecular complexity index is 468. The van der Waals surface area contributed by atoms with Crippen LogP contribution in [0.3, 0.4) is 0 Å². The van der Waals surface area contributed by atoms with E-state index in [-0.39, 0.29) is 5.91 Å². The second-order valence-electron chi connectivity index (χ2n) is 4.96. The molecule has 116 valence electrons. The van der Waals surface area contributed by atoms with Crippen molar-refractivity contribution < 1.29 is 19.2 Å². The molecular weight excluding hydrogens is 290 g/mol. The normalized spacial score (nSPS) is 17.0. The minimum absolute atomic E-state index is 0.247. The number of piperazine rings is 1. The lowest BCUT2D eigenvalue weighted by molar-refractivity contribution is -0.883. The van der Waals surface area contributed by atoms with Crippen LogP contribution in [0.5, 0.6) is 0 Å². The number of carbonyl (C=O) groups excluding carboxylic acids is 1. The van der Waals surface area contributed by atoms with Gasteiger partial charge in [-0.25, -0.2) is 0 Å². The highest BCUT2D eigenvalue weighted by Crippen LogP contribution is 2.10. The van der Waals surface area contributed by atoms with E-state index in [1.807, 2.05) is 16.3 Å². The molecule has 7 heteroatoms. The average molecular weight is 312 g/mol. The van der Waals surface area contributed by atoms with Gasteiger partial charge in [-0.3, -0.25) is 4.79 Å². The first-order valence-electron chi connectivity index (χ1n) is 7.05. The van der Waals surface area contributed by atoms with E-state index in [0.29, 0.717) is 24.1 Å². The molecule has 0 bridgehead atoms. The highest BCUT2D eigenvalue weighted by molar-refractivity contribution is 7.12. The van der Waals surface area contributed by atoms with Crippen LogP contribution < -0.4 is 4.90 Å². The quantitative estimate of drug-likeness (QED) is 0.473. The van der Waals surface area contributed by atoms with Crippen LogP contribution in [0.25, 0.3) is 0 Å². The Kier molecular flexibility index (Phi) is 6.16. The van der Waals surface area contributed by atoms with Crippen LogP contribution in [-0.4, -0.2) is 70.4 Å². The van der Waals surface area contributed by atoms with Crippen molar-refractivity contribution in [3.63, 3.8) is 0 Å². The highest BCUT2D eigenvalue weighted by Gasteiger charge is 2.22. The molecule has 1 saturated heterocycles. The van der Waals surface area contributed by atoms with Crippen molar-refractivity contribution in [3.05, 3.63) is 22.4 Å². The maximum atomic E-state index is 12.1. The van der Waals surface area contributed by atoms with Crippen molar-refractivity contribution in [2.75, 3.05) is 53.6 Å². The molecule has 0 atom stereocenters. The maximum absolute atomic E-state index is 12.1. The molecule has 0 saturated carbocycles. The van der Waals surface area contributed by atoms with Gasteiger partial charge < -0.3 is 19.3 Å². The van der Waals surface area contributed by atoms with E-state index in [2.05, 4.69) is 12.0 Å². The summed E-state index contributed by atoms with van der Waals surface area (Å²) in [5.41, 5.74) is 0. The van der Waals surface area contributed by atoms with Gasteiger partial charge >= 0.3 is 0 Å². The number of ether oxygens (including phenoxy) is 2. The molecule has 1 aromatic heterocycles. The van der Waals surface area contributed by atoms with Crippen molar-refractivity contribution in [2.24, 2.45) is 4.99 Å². The van der Waals surface area contributed by atoms with Crippen LogP contribution in [0.2, 0.25) is 0 Å². The minimum Gasteiger partial charge on any atom is -0.462 e. The van der Waals surface area contributed by atoms with Crippen LogP contribution in [-0.2, 0) is 9.47 Å². The van der Waals surface area contributed by atoms with Gasteiger partial charge in [-0.05, 0) is 11.4 Å². The van der Waals surface area contributed by atoms with E-state index in [1.165, 1.54) is 16.2 Å². The molecule has 0 radical (unpaired) electrons. The summed E-state index contributed by atoms with van der Waals surface area (Å²) in [5.74, 6) is -0.247. The molecule has 0 unspecified atom stereocenters. The van der Waals surface area contributed by atoms with Crippen LogP contribution in [0.4, 0.5) is 0 Å². The summed E-state index contributed by atoms with van der Waals surface area (Å²) < 4.78 is 10.6. The van der Waals surface area contributed by atoms with Crippen LogP contribution in [0, 0.1) is 0 Å². The van der Waals surface area contributed by atoms with Crippen molar-refractivity contribution in [1.82, 2.24) is 4.90 Å². The number of amidine groups is 1. The lowest BCUT2D eigenvalue weighted by Crippen LogP contribution is -3.12. The zero-order valence-corrected chi connectivity index (χ0v) is 13.3. The van der Waals surface area contributed by atoms with Crippen LogP contribution in [0.15, 0.2) is 22.5 Å². The first kappa shape index (κ1) is 15.9. The van der Waals surface area contributed by atoms with Crippen molar-refractivity contribution in [1.29, 1.82) is 0 Å². The van der Waals surface area contributed by atoms with Gasteiger partial charge in [0.1, 0.15) is 6.61 Å². The molecule has 0 spiro atoms. The molecule has 1 fully saturated rings. The zero-order chi connectivity index (χ0) is 15.1. The van der Waals surface area contributed by atoms with Crippen molar-refractivity contribution >= 4 is 23.3 Å². The number of hydrogen-bond donors (Lipinski definition) is 1. The Morgan fingerprint density at radius 3 is 2.81 bits per heavy atom. The van der Waals surface area contributed by atoms with Gasteiger partial charge in [0.15, 0.2) is 0 Å². The lowest BCUT2D eigenvalue weighted by atomic mass is 10.3. The molecule has 1 amide bonds. The smallest absolute Gasteiger partial charge is 0.296 e. The monoisotopic (exact) mass is 312 g/mol. The summed E-state index contributed by atoms with van der Waals surface area (Å²) in [4.78, 5) is 20.4. The number of thiophene rings is 1. The number of nitrogens with one attached hydrogen (secondary N) is 1. The zero-order valence-electron chi connectivity index (χ0n) is 12.5. The molecule has 2 heterocycles. The summed E-state index contributed by atoms with van der Waals surface area (Å²) in [7, 11) is 3.78. The molecule has 1 aromatic rings. The van der Waals surface area contributed by atoms with E-state index in [1.54, 1.807) is 13.2 Å². The number of nitrogens with zero attached hydrogens (tertiary/aromatic N) is 2. The summed E-state index contributed by atoms with van der Waals surface area (Å²) in [6.45, 7) is 4.59. The molecule has 0 aromatic carbocycles. The standard InChI is InChI=1S/C14H21N3O3S/c1-16-5-7-17(8-6-16)14(20-10-9-19-2)15-13(18)12-4-3-11-21-12/h3-4,11H,5-10H2,1-2H3/p+1. The Morgan fingerprint density at radius 1 is 1.43 bits per heavy atom. The summed E-state index contributed by atoms with van der Waals surface area (Å²) in [5, 5.41) is 1.87. The number of quaternary nitrogens is 1. The van der Waals surface area contributed by atoms with Gasteiger partial charge in [-0.1, -0.05) is 6.07 Å². The number of aliphatic imine (C=N–C) groups is 1. The van der Waals surface area contributed by atoms with E-state index >= 15 is 0 Å². The lowest BCUT2D eigenvalue weighted by Gasteiger charge is -2.31. The Labute approximate surface area is 129 Å². The number of likely N-dealkylation sites (N-methyl/N-ethyl adjacent to an activating group) is 1. The molecule has 1 N–H and O–H groups in total. The number of methoxy groups -OCH3 is 1. The molecule has 1 aliphatic rings. The van der Waals surface area contributed by atoms with Crippen LogP contribution in [0.1, 0.15) is 9.67 Å². The minimum atomic E-state index is -0.247. The summed E-state index contributed by atoms with van der Waals surface area (Å²) in [6.07, 6.45) is 0. The highest BCUT2D eigenvalue weighted by atomic mass is 32.1. The molecule has 2 rings (SSSR count). The predicted molar refractivity (Wildman–Crippen MR) is 82.1 cm³/mol. The Hall–Kier alpha value is -1.44. The van der Waals surface area contributed by atoms with E-state index in [0.717, 1.165) is 26.2 Å². The SMILES string of the molecule is COCCOC(=NC(=O)c1cccs1)N1CC[NH+](C)CC1. The van der Waals surface area contributed by atoms with Gasteiger partial charge in [0.05, 0.1) is 44.7 Å². The first-order valence-corrected chi connectivity index (χ1v) is 7.93. The van der Waals surface area contributed by atoms with Gasteiger partial charge in [0.25, 0.3) is 11.9 Å². The second-order valence-corrected chi connectivity index (χ2v) is 5.91. The van der Waals surface area contributed by atoms with Gasteiger partial charge in [-0.15, -0.1) is 11.3 Å². The molecular formula is C14H22N3O3S+. The van der Waals surface area contributed by atoms with Crippen LogP contribution >= 0.6 is 11.3 Å². The topological polar surface area (TPSA) is 55.6 Å². The van der Waals surface area contributed by atoms with E-state index in [9.17, 15) is 4.79 Å². The van der Waals surface area contributed by atoms with Crippen molar-refractivity contribution in [3.8, 4) is 0 Å². The van der Waals surface area contributed by atoms with E-state index < -0.39 is 0 Å². The van der Waals surface area contributed by atoms with Crippen molar-refractivity contribution in [2.45, 2.75) is 0 Å². The molecule has 0 aliphatic carbocycles. The third-order valence-electron chi connectivity index (χ3n) is 3.34. The Morgan fingerprint density at radius 2 is 2.19 bits per heavy atom. The fourth-order valence-electron chi connectivity index (χ4n) is 2.03. The predicted octanol–water partition coefficient (Wildman–Crippen LogP) is -0.262. The molecule has 1 aliphatic heterocycles. The average Bonchev–Trinajstić information content (AvgIpc) is 3.01. The van der Waals surface area contributed by atoms with Gasteiger partial charge in [0, 0.05) is 7.11 Å². The second kappa shape index (κ2) is 8.11. The van der Waals surface area contributed by atoms with E-state index in [4.69, 9.17) is 9.47 Å². The molecule has 21 heavy (non-hydrogen) atoms. The Balaban J connectivity index is 2.05. The fraction of sp³-hybridized carbons (Fsp3) is 0.571. The number of amides is 1. The van der Waals surface area contributed by atoms with Gasteiger partial charge in [-0.2, -0.15) is 4.99 Å². The first-order chi connectivity index (χ1) is 10.2. The number of rotatable bonds is 4. The summed E-state index contributed by atoms with van der Waals surface area (Å²) in [6, 6.07) is 4.04.